The summed E-state index contributed by atoms with van der Waals surface area (Å²) in [5.41, 5.74) is 0.266. The SMILES string of the molecule is CC1CC1CNC(=O)CC1(CS)CC1. The summed E-state index contributed by atoms with van der Waals surface area (Å²) in [5, 5.41) is 3.03. The van der Waals surface area contributed by atoms with Crippen molar-refractivity contribution in [1.29, 1.82) is 0 Å². The lowest BCUT2D eigenvalue weighted by Crippen LogP contribution is -2.28. The van der Waals surface area contributed by atoms with Gasteiger partial charge in [-0.25, -0.2) is 0 Å². The second-order valence-corrected chi connectivity index (χ2v) is 5.43. The van der Waals surface area contributed by atoms with Crippen LogP contribution in [0, 0.1) is 17.3 Å². The molecule has 0 heterocycles. The number of rotatable bonds is 5. The largest absolute Gasteiger partial charge is 0.356 e. The van der Waals surface area contributed by atoms with E-state index in [2.05, 4.69) is 24.9 Å². The van der Waals surface area contributed by atoms with Crippen LogP contribution in [0.2, 0.25) is 0 Å². The molecule has 0 aliphatic heterocycles. The Morgan fingerprint density at radius 1 is 1.57 bits per heavy atom. The Morgan fingerprint density at radius 3 is 2.64 bits per heavy atom. The van der Waals surface area contributed by atoms with Crippen LogP contribution < -0.4 is 5.32 Å². The second-order valence-electron chi connectivity index (χ2n) is 5.11. The van der Waals surface area contributed by atoms with Crippen molar-refractivity contribution in [2.45, 2.75) is 32.6 Å². The molecule has 0 aromatic carbocycles. The molecule has 2 fully saturated rings. The summed E-state index contributed by atoms with van der Waals surface area (Å²) >= 11 is 4.29. The van der Waals surface area contributed by atoms with Gasteiger partial charge >= 0.3 is 0 Å². The normalized spacial score (nSPS) is 32.4. The van der Waals surface area contributed by atoms with Gasteiger partial charge in [-0.15, -0.1) is 0 Å². The Hall–Kier alpha value is -0.180. The van der Waals surface area contributed by atoms with Gasteiger partial charge in [0.2, 0.25) is 5.91 Å². The lowest BCUT2D eigenvalue weighted by molar-refractivity contribution is -0.122. The van der Waals surface area contributed by atoms with Crippen molar-refractivity contribution in [3.63, 3.8) is 0 Å². The number of carbonyl (C=O) groups excluding carboxylic acids is 1. The molecule has 14 heavy (non-hydrogen) atoms. The van der Waals surface area contributed by atoms with Gasteiger partial charge in [-0.05, 0) is 42.3 Å². The average molecular weight is 213 g/mol. The zero-order valence-electron chi connectivity index (χ0n) is 8.75. The second kappa shape index (κ2) is 3.76. The summed E-state index contributed by atoms with van der Waals surface area (Å²) in [5.74, 6) is 2.68. The van der Waals surface area contributed by atoms with Gasteiger partial charge in [0, 0.05) is 13.0 Å². The summed E-state index contributed by atoms with van der Waals surface area (Å²) in [6.45, 7) is 3.13. The molecular formula is C11H19NOS. The zero-order chi connectivity index (χ0) is 10.2. The Balaban J connectivity index is 1.64. The Kier molecular flexibility index (Phi) is 2.78. The van der Waals surface area contributed by atoms with Crippen molar-refractivity contribution in [2.75, 3.05) is 12.3 Å². The molecule has 2 aliphatic rings. The fourth-order valence-corrected chi connectivity index (χ4v) is 2.33. The van der Waals surface area contributed by atoms with Crippen LogP contribution in [0.4, 0.5) is 0 Å². The molecule has 2 saturated carbocycles. The summed E-state index contributed by atoms with van der Waals surface area (Å²) in [6.07, 6.45) is 4.35. The third-order valence-electron chi connectivity index (χ3n) is 3.67. The van der Waals surface area contributed by atoms with E-state index in [4.69, 9.17) is 0 Å². The van der Waals surface area contributed by atoms with E-state index in [0.29, 0.717) is 6.42 Å². The predicted molar refractivity (Wildman–Crippen MR) is 60.4 cm³/mol. The van der Waals surface area contributed by atoms with E-state index in [1.807, 2.05) is 0 Å². The summed E-state index contributed by atoms with van der Waals surface area (Å²) in [6, 6.07) is 0. The number of carbonyl (C=O) groups is 1. The number of nitrogens with one attached hydrogen (secondary N) is 1. The van der Waals surface area contributed by atoms with Crippen LogP contribution in [-0.2, 0) is 4.79 Å². The summed E-state index contributed by atoms with van der Waals surface area (Å²) in [4.78, 5) is 11.6. The molecule has 0 radical (unpaired) electrons. The van der Waals surface area contributed by atoms with Gasteiger partial charge in [0.15, 0.2) is 0 Å². The van der Waals surface area contributed by atoms with Crippen LogP contribution in [0.15, 0.2) is 0 Å². The highest BCUT2D eigenvalue weighted by Crippen LogP contribution is 2.49. The highest BCUT2D eigenvalue weighted by Gasteiger charge is 2.43. The van der Waals surface area contributed by atoms with Crippen LogP contribution in [0.5, 0.6) is 0 Å². The van der Waals surface area contributed by atoms with E-state index >= 15 is 0 Å². The molecule has 0 spiro atoms. The third-order valence-corrected chi connectivity index (χ3v) is 4.34. The van der Waals surface area contributed by atoms with Crippen molar-refractivity contribution < 1.29 is 4.79 Å². The maximum Gasteiger partial charge on any atom is 0.220 e. The predicted octanol–water partition coefficient (Wildman–Crippen LogP) is 1.86. The van der Waals surface area contributed by atoms with Crippen LogP contribution in [0.3, 0.4) is 0 Å². The van der Waals surface area contributed by atoms with Crippen molar-refractivity contribution in [3.8, 4) is 0 Å². The molecule has 2 rings (SSSR count). The molecule has 0 aromatic rings. The van der Waals surface area contributed by atoms with Gasteiger partial charge in [-0.1, -0.05) is 6.92 Å². The molecule has 0 aromatic heterocycles. The highest BCUT2D eigenvalue weighted by atomic mass is 32.1. The monoisotopic (exact) mass is 213 g/mol. The maximum atomic E-state index is 11.6. The van der Waals surface area contributed by atoms with Gasteiger partial charge in [-0.3, -0.25) is 4.79 Å². The minimum Gasteiger partial charge on any atom is -0.356 e. The molecule has 1 amide bonds. The molecule has 0 saturated heterocycles. The maximum absolute atomic E-state index is 11.6. The Bertz CT molecular complexity index is 237. The van der Waals surface area contributed by atoms with Crippen LogP contribution in [-0.4, -0.2) is 18.2 Å². The molecule has 2 atom stereocenters. The first-order valence-corrected chi connectivity index (χ1v) is 6.16. The van der Waals surface area contributed by atoms with Gasteiger partial charge in [0.25, 0.3) is 0 Å². The molecule has 80 valence electrons. The fraction of sp³-hybridized carbons (Fsp3) is 0.909. The first-order chi connectivity index (χ1) is 6.65. The summed E-state index contributed by atoms with van der Waals surface area (Å²) in [7, 11) is 0. The fourth-order valence-electron chi connectivity index (χ4n) is 1.90. The smallest absolute Gasteiger partial charge is 0.220 e. The molecular weight excluding hydrogens is 194 g/mol. The minimum absolute atomic E-state index is 0.232. The van der Waals surface area contributed by atoms with Gasteiger partial charge in [0.05, 0.1) is 0 Å². The van der Waals surface area contributed by atoms with Crippen LogP contribution >= 0.6 is 12.6 Å². The first kappa shape index (κ1) is 10.3. The quantitative estimate of drug-likeness (QED) is 0.671. The molecule has 0 bridgehead atoms. The molecule has 2 aliphatic carbocycles. The molecule has 1 N–H and O–H groups in total. The van der Waals surface area contributed by atoms with E-state index in [1.54, 1.807) is 0 Å². The van der Waals surface area contributed by atoms with E-state index in [1.165, 1.54) is 19.3 Å². The molecule has 2 unspecified atom stereocenters. The van der Waals surface area contributed by atoms with E-state index in [-0.39, 0.29) is 11.3 Å². The number of thiol groups is 1. The topological polar surface area (TPSA) is 29.1 Å². The van der Waals surface area contributed by atoms with Crippen molar-refractivity contribution in [1.82, 2.24) is 5.32 Å². The van der Waals surface area contributed by atoms with Crippen molar-refractivity contribution in [2.24, 2.45) is 17.3 Å². The number of hydrogen-bond donors (Lipinski definition) is 2. The van der Waals surface area contributed by atoms with Gasteiger partial charge in [-0.2, -0.15) is 12.6 Å². The van der Waals surface area contributed by atoms with E-state index in [9.17, 15) is 4.79 Å². The first-order valence-electron chi connectivity index (χ1n) is 5.53. The molecule has 3 heteroatoms. The third kappa shape index (κ3) is 2.44. The standard InChI is InChI=1S/C11H19NOS/c1-8-4-9(8)6-12-10(13)5-11(7-14)2-3-11/h8-9,14H,2-7H2,1H3,(H,12,13). The highest BCUT2D eigenvalue weighted by molar-refractivity contribution is 7.80. The Morgan fingerprint density at radius 2 is 2.21 bits per heavy atom. The molecule has 2 nitrogen and oxygen atoms in total. The lowest BCUT2D eigenvalue weighted by Gasteiger charge is -2.11. The van der Waals surface area contributed by atoms with Crippen LogP contribution in [0.25, 0.3) is 0 Å². The van der Waals surface area contributed by atoms with E-state index < -0.39 is 0 Å². The summed E-state index contributed by atoms with van der Waals surface area (Å²) < 4.78 is 0. The average Bonchev–Trinajstić information content (AvgIpc) is 3.03. The number of hydrogen-bond acceptors (Lipinski definition) is 2. The van der Waals surface area contributed by atoms with Gasteiger partial charge in [0.1, 0.15) is 0 Å². The van der Waals surface area contributed by atoms with Crippen molar-refractivity contribution >= 4 is 18.5 Å². The van der Waals surface area contributed by atoms with E-state index in [0.717, 1.165) is 24.1 Å². The van der Waals surface area contributed by atoms with Crippen LogP contribution in [0.1, 0.15) is 32.6 Å². The lowest BCUT2D eigenvalue weighted by atomic mass is 10.1. The Labute approximate surface area is 91.2 Å². The minimum atomic E-state index is 0.232. The number of amides is 1. The van der Waals surface area contributed by atoms with Gasteiger partial charge < -0.3 is 5.32 Å². The zero-order valence-corrected chi connectivity index (χ0v) is 9.65. The van der Waals surface area contributed by atoms with Crippen molar-refractivity contribution in [3.05, 3.63) is 0 Å².